The summed E-state index contributed by atoms with van der Waals surface area (Å²) in [5.74, 6) is -0.291. The molecule has 2 aromatic heterocycles. The van der Waals surface area contributed by atoms with Crippen molar-refractivity contribution in [3.63, 3.8) is 0 Å². The number of urea groups is 1. The minimum absolute atomic E-state index is 0.0810. The molecule has 0 fully saturated rings. The summed E-state index contributed by atoms with van der Waals surface area (Å²) >= 11 is 1.09. The van der Waals surface area contributed by atoms with Crippen LogP contribution in [0.15, 0.2) is 58.5 Å². The highest BCUT2D eigenvalue weighted by Crippen LogP contribution is 2.23. The zero-order valence-corrected chi connectivity index (χ0v) is 16.8. The Kier molecular flexibility index (Phi) is 5.23. The lowest BCUT2D eigenvalue weighted by Gasteiger charge is -2.11. The Morgan fingerprint density at radius 2 is 1.83 bits per heavy atom. The number of aromatic nitrogens is 4. The van der Waals surface area contributed by atoms with E-state index in [1.165, 1.54) is 4.57 Å². The van der Waals surface area contributed by atoms with Crippen LogP contribution < -0.4 is 16.6 Å². The molecule has 0 bridgehead atoms. The van der Waals surface area contributed by atoms with Gasteiger partial charge in [0, 0.05) is 0 Å². The van der Waals surface area contributed by atoms with E-state index in [-0.39, 0.29) is 11.3 Å². The molecule has 3 amide bonds. The third-order valence-electron chi connectivity index (χ3n) is 4.59. The van der Waals surface area contributed by atoms with Gasteiger partial charge >= 0.3 is 6.03 Å². The zero-order chi connectivity index (χ0) is 21.3. The maximum absolute atomic E-state index is 13.3. The SMILES string of the molecule is CCc1ccc(-n2c(=O)c3ccccc3n3c(SCC(=O)NC(N)=O)nnc23)cc1. The first kappa shape index (κ1) is 19.6. The lowest BCUT2D eigenvalue weighted by molar-refractivity contribution is -0.117. The quantitative estimate of drug-likeness (QED) is 0.473. The molecule has 0 saturated heterocycles. The molecule has 0 aliphatic carbocycles. The van der Waals surface area contributed by atoms with E-state index in [0.29, 0.717) is 27.5 Å². The van der Waals surface area contributed by atoms with Crippen molar-refractivity contribution in [2.45, 2.75) is 18.5 Å². The average Bonchev–Trinajstić information content (AvgIpc) is 3.16. The van der Waals surface area contributed by atoms with Crippen LogP contribution >= 0.6 is 11.8 Å². The smallest absolute Gasteiger partial charge is 0.318 e. The summed E-state index contributed by atoms with van der Waals surface area (Å²) in [5.41, 5.74) is 7.22. The topological polar surface area (TPSA) is 124 Å². The van der Waals surface area contributed by atoms with Gasteiger partial charge in [0.1, 0.15) is 0 Å². The van der Waals surface area contributed by atoms with E-state index < -0.39 is 11.9 Å². The molecule has 0 atom stereocenters. The molecule has 2 aromatic carbocycles. The number of benzene rings is 2. The fraction of sp³-hybridized carbons (Fsp3) is 0.150. The van der Waals surface area contributed by atoms with Crippen LogP contribution in [0.5, 0.6) is 0 Å². The molecule has 2 heterocycles. The van der Waals surface area contributed by atoms with Gasteiger partial charge in [0.05, 0.1) is 22.3 Å². The van der Waals surface area contributed by atoms with Crippen LogP contribution in [0.25, 0.3) is 22.4 Å². The molecule has 0 radical (unpaired) electrons. The van der Waals surface area contributed by atoms with Crippen molar-refractivity contribution in [1.29, 1.82) is 0 Å². The Morgan fingerprint density at radius 3 is 2.53 bits per heavy atom. The Labute approximate surface area is 174 Å². The number of hydrogen-bond acceptors (Lipinski definition) is 6. The van der Waals surface area contributed by atoms with Gasteiger partial charge in [-0.25, -0.2) is 9.36 Å². The highest BCUT2D eigenvalue weighted by molar-refractivity contribution is 7.99. The molecule has 152 valence electrons. The van der Waals surface area contributed by atoms with Crippen LogP contribution in [0.1, 0.15) is 12.5 Å². The van der Waals surface area contributed by atoms with Crippen molar-refractivity contribution in [1.82, 2.24) is 24.5 Å². The number of nitrogens with two attached hydrogens (primary N) is 1. The predicted octanol–water partition coefficient (Wildman–Crippen LogP) is 1.88. The number of thioether (sulfide) groups is 1. The van der Waals surface area contributed by atoms with Gasteiger partial charge in [0.15, 0.2) is 5.16 Å². The van der Waals surface area contributed by atoms with Gasteiger partial charge in [0.25, 0.3) is 5.56 Å². The highest BCUT2D eigenvalue weighted by atomic mass is 32.2. The number of amides is 3. The van der Waals surface area contributed by atoms with Gasteiger partial charge in [-0.3, -0.25) is 19.3 Å². The molecule has 9 nitrogen and oxygen atoms in total. The number of nitrogens with zero attached hydrogens (tertiary/aromatic N) is 4. The van der Waals surface area contributed by atoms with Crippen LogP contribution in [0.4, 0.5) is 4.79 Å². The molecule has 3 N–H and O–H groups in total. The number of primary amides is 1. The van der Waals surface area contributed by atoms with Crippen LogP contribution in [0, 0.1) is 0 Å². The monoisotopic (exact) mass is 422 g/mol. The lowest BCUT2D eigenvalue weighted by atomic mass is 10.1. The number of rotatable bonds is 5. The third kappa shape index (κ3) is 3.52. The van der Waals surface area contributed by atoms with Crippen LogP contribution in [0.2, 0.25) is 0 Å². The zero-order valence-electron chi connectivity index (χ0n) is 16.0. The summed E-state index contributed by atoms with van der Waals surface area (Å²) in [4.78, 5) is 35.9. The molecule has 30 heavy (non-hydrogen) atoms. The number of fused-ring (bicyclic) bond motifs is 3. The van der Waals surface area contributed by atoms with Gasteiger partial charge in [0.2, 0.25) is 11.7 Å². The van der Waals surface area contributed by atoms with E-state index in [2.05, 4.69) is 17.1 Å². The van der Waals surface area contributed by atoms with Crippen LogP contribution in [-0.2, 0) is 11.2 Å². The minimum atomic E-state index is -0.915. The molecule has 4 rings (SSSR count). The third-order valence-corrected chi connectivity index (χ3v) is 5.52. The van der Waals surface area contributed by atoms with E-state index >= 15 is 0 Å². The van der Waals surface area contributed by atoms with Crippen molar-refractivity contribution >= 4 is 40.4 Å². The van der Waals surface area contributed by atoms with Gasteiger partial charge in [-0.05, 0) is 36.2 Å². The normalized spacial score (nSPS) is 11.1. The number of hydrogen-bond donors (Lipinski definition) is 2. The van der Waals surface area contributed by atoms with Crippen molar-refractivity contribution in [2.24, 2.45) is 5.73 Å². The summed E-state index contributed by atoms with van der Waals surface area (Å²) in [6.45, 7) is 2.06. The fourth-order valence-corrected chi connectivity index (χ4v) is 3.93. The minimum Gasteiger partial charge on any atom is -0.351 e. The Hall–Kier alpha value is -3.66. The molecule has 0 saturated carbocycles. The Bertz CT molecular complexity index is 1330. The molecule has 0 aliphatic heterocycles. The standard InChI is InChI=1S/C20H18N6O3S/c1-2-12-7-9-13(10-8-12)25-17(28)14-5-3-4-6-15(14)26-19(25)23-24-20(26)30-11-16(27)22-18(21)29/h3-10H,2,11H2,1H3,(H3,21,22,27,29). The first-order chi connectivity index (χ1) is 14.5. The highest BCUT2D eigenvalue weighted by Gasteiger charge is 2.18. The van der Waals surface area contributed by atoms with E-state index in [4.69, 9.17) is 5.73 Å². The Morgan fingerprint density at radius 1 is 1.10 bits per heavy atom. The second-order valence-corrected chi connectivity index (χ2v) is 7.44. The second kappa shape index (κ2) is 7.99. The van der Waals surface area contributed by atoms with Crippen molar-refractivity contribution in [2.75, 3.05) is 5.75 Å². The first-order valence-corrected chi connectivity index (χ1v) is 10.2. The van der Waals surface area contributed by atoms with E-state index in [0.717, 1.165) is 23.7 Å². The Balaban J connectivity index is 1.89. The number of carbonyl (C=O) groups is 2. The number of imide groups is 1. The second-order valence-electron chi connectivity index (χ2n) is 6.50. The number of para-hydroxylation sites is 1. The molecule has 0 aliphatic rings. The number of nitrogens with one attached hydrogen (secondary N) is 1. The van der Waals surface area contributed by atoms with Gasteiger partial charge in [-0.2, -0.15) is 0 Å². The van der Waals surface area contributed by atoms with Gasteiger partial charge < -0.3 is 5.73 Å². The molecule has 0 spiro atoms. The van der Waals surface area contributed by atoms with Gasteiger partial charge in [-0.15, -0.1) is 10.2 Å². The molecule has 0 unspecified atom stereocenters. The van der Waals surface area contributed by atoms with Gasteiger partial charge in [-0.1, -0.05) is 43.0 Å². The van der Waals surface area contributed by atoms with Crippen LogP contribution in [0.3, 0.4) is 0 Å². The summed E-state index contributed by atoms with van der Waals surface area (Å²) in [6, 6.07) is 13.9. The summed E-state index contributed by atoms with van der Waals surface area (Å²) < 4.78 is 3.23. The molecule has 10 heteroatoms. The van der Waals surface area contributed by atoms with Crippen molar-refractivity contribution < 1.29 is 9.59 Å². The number of carbonyl (C=O) groups excluding carboxylic acids is 2. The van der Waals surface area contributed by atoms with E-state index in [1.54, 1.807) is 22.6 Å². The maximum atomic E-state index is 13.3. The molecular weight excluding hydrogens is 404 g/mol. The largest absolute Gasteiger partial charge is 0.351 e. The maximum Gasteiger partial charge on any atom is 0.318 e. The lowest BCUT2D eigenvalue weighted by Crippen LogP contribution is -2.36. The first-order valence-electron chi connectivity index (χ1n) is 9.20. The predicted molar refractivity (Wildman–Crippen MR) is 114 cm³/mol. The fourth-order valence-electron chi connectivity index (χ4n) is 3.19. The molecule has 4 aromatic rings. The van der Waals surface area contributed by atoms with Crippen molar-refractivity contribution in [3.8, 4) is 5.69 Å². The van der Waals surface area contributed by atoms with Crippen molar-refractivity contribution in [3.05, 3.63) is 64.4 Å². The van der Waals surface area contributed by atoms with Crippen LogP contribution in [-0.4, -0.2) is 36.9 Å². The van der Waals surface area contributed by atoms with E-state index in [9.17, 15) is 14.4 Å². The average molecular weight is 422 g/mol. The van der Waals surface area contributed by atoms with E-state index in [1.807, 2.05) is 35.6 Å². The number of aryl methyl sites for hydroxylation is 1. The summed E-state index contributed by atoms with van der Waals surface area (Å²) in [5, 5.41) is 11.3. The summed E-state index contributed by atoms with van der Waals surface area (Å²) in [7, 11) is 0. The molecular formula is C20H18N6O3S. The summed E-state index contributed by atoms with van der Waals surface area (Å²) in [6.07, 6.45) is 0.890.